The molecule has 8 nitrogen and oxygen atoms in total. The molecule has 41 heavy (non-hydrogen) atoms. The summed E-state index contributed by atoms with van der Waals surface area (Å²) in [5.41, 5.74) is 4.35. The summed E-state index contributed by atoms with van der Waals surface area (Å²) < 4.78 is 69.3. The first kappa shape index (κ1) is 29.9. The number of carbonyl (C=O) groups is 1. The number of benzene rings is 1. The van der Waals surface area contributed by atoms with E-state index in [-0.39, 0.29) is 30.6 Å². The Labute approximate surface area is 238 Å². The molecule has 1 aliphatic carbocycles. The number of carbonyl (C=O) groups excluding carboxylic acids is 1. The third-order valence-electron chi connectivity index (χ3n) is 8.23. The summed E-state index contributed by atoms with van der Waals surface area (Å²) in [5, 5.41) is 0. The number of nitrogens with zero attached hydrogens (tertiary/aromatic N) is 2. The van der Waals surface area contributed by atoms with Gasteiger partial charge in [0, 0.05) is 50.3 Å². The third kappa shape index (κ3) is 7.10. The number of likely N-dealkylation sites (tertiary alicyclic amines) is 1. The van der Waals surface area contributed by atoms with E-state index in [1.54, 1.807) is 30.5 Å². The molecule has 1 saturated carbocycles. The molecule has 1 amide bonds. The highest BCUT2D eigenvalue weighted by Gasteiger charge is 2.54. The van der Waals surface area contributed by atoms with Gasteiger partial charge >= 0.3 is 6.18 Å². The van der Waals surface area contributed by atoms with Gasteiger partial charge in [-0.2, -0.15) is 13.2 Å². The molecule has 224 valence electrons. The van der Waals surface area contributed by atoms with Crippen LogP contribution in [0.4, 0.5) is 13.2 Å². The second kappa shape index (κ2) is 12.4. The Bertz CT molecular complexity index is 1280. The van der Waals surface area contributed by atoms with Crippen LogP contribution in [0.25, 0.3) is 11.3 Å². The van der Waals surface area contributed by atoms with E-state index in [0.29, 0.717) is 49.0 Å². The first-order chi connectivity index (χ1) is 19.6. The fourth-order valence-electron chi connectivity index (χ4n) is 5.59. The SMILES string of the molecule is O=C(NOC1CCCCO1)C1(S(=O)(=O)c2ccc(-c3ccc(CCCC(F)(F)F)cn3)cc2)CCN(C2CC2)CC1. The van der Waals surface area contributed by atoms with E-state index in [9.17, 15) is 26.4 Å². The standard InChI is InChI=1S/C29H36F3N3O5S/c30-29(31,32)14-3-4-21-6-13-25(33-20-21)22-7-11-24(12-8-22)41(37,38)28(15-17-35(18-16-28)23-9-10-23)27(36)34-40-26-5-1-2-19-39-26/h6-8,11-13,20,23,26H,1-5,9-10,14-19H2,(H,34,36). The van der Waals surface area contributed by atoms with Crippen molar-refractivity contribution in [1.82, 2.24) is 15.4 Å². The first-order valence-electron chi connectivity index (χ1n) is 14.3. The van der Waals surface area contributed by atoms with Crippen molar-refractivity contribution in [2.75, 3.05) is 19.7 Å². The molecule has 2 saturated heterocycles. The van der Waals surface area contributed by atoms with E-state index in [1.165, 1.54) is 12.1 Å². The second-order valence-corrected chi connectivity index (χ2v) is 13.4. The summed E-state index contributed by atoms with van der Waals surface area (Å²) in [4.78, 5) is 25.7. The molecule has 1 aromatic heterocycles. The Morgan fingerprint density at radius 3 is 2.39 bits per heavy atom. The number of hydroxylamine groups is 1. The van der Waals surface area contributed by atoms with E-state index >= 15 is 0 Å². The van der Waals surface area contributed by atoms with Gasteiger partial charge in [0.15, 0.2) is 20.9 Å². The quantitative estimate of drug-likeness (QED) is 0.387. The molecule has 3 heterocycles. The van der Waals surface area contributed by atoms with Gasteiger partial charge in [-0.3, -0.25) is 9.78 Å². The zero-order chi connectivity index (χ0) is 29.1. The lowest BCUT2D eigenvalue weighted by Gasteiger charge is -2.40. The van der Waals surface area contributed by atoms with Crippen LogP contribution >= 0.6 is 0 Å². The van der Waals surface area contributed by atoms with Gasteiger partial charge < -0.3 is 9.64 Å². The largest absolute Gasteiger partial charge is 0.389 e. The number of rotatable bonds is 10. The number of sulfone groups is 1. The van der Waals surface area contributed by atoms with Crippen LogP contribution < -0.4 is 5.48 Å². The van der Waals surface area contributed by atoms with E-state index in [4.69, 9.17) is 9.57 Å². The van der Waals surface area contributed by atoms with Crippen LogP contribution in [0.5, 0.6) is 0 Å². The average Bonchev–Trinajstić information content (AvgIpc) is 3.82. The molecule has 0 radical (unpaired) electrons. The summed E-state index contributed by atoms with van der Waals surface area (Å²) in [6.07, 6.45) is 1.13. The number of piperidine rings is 1. The van der Waals surface area contributed by atoms with E-state index < -0.39 is 39.4 Å². The zero-order valence-corrected chi connectivity index (χ0v) is 23.7. The van der Waals surface area contributed by atoms with Gasteiger partial charge in [-0.05, 0) is 75.1 Å². The lowest BCUT2D eigenvalue weighted by molar-refractivity contribution is -0.202. The molecule has 1 atom stereocenters. The summed E-state index contributed by atoms with van der Waals surface area (Å²) in [5.74, 6) is -0.672. The molecule has 0 bridgehead atoms. The first-order valence-corrected chi connectivity index (χ1v) is 15.7. The van der Waals surface area contributed by atoms with Crippen molar-refractivity contribution in [3.05, 3.63) is 48.2 Å². The molecule has 2 aromatic rings. The lowest BCUT2D eigenvalue weighted by atomic mass is 9.94. The number of hydrogen-bond donors (Lipinski definition) is 1. The molecule has 3 fully saturated rings. The Morgan fingerprint density at radius 2 is 1.80 bits per heavy atom. The van der Waals surface area contributed by atoms with E-state index in [0.717, 1.165) is 25.7 Å². The molecule has 0 spiro atoms. The summed E-state index contributed by atoms with van der Waals surface area (Å²) in [6, 6.07) is 10.1. The number of nitrogens with one attached hydrogen (secondary N) is 1. The molecule has 1 unspecified atom stereocenters. The van der Waals surface area contributed by atoms with Crippen molar-refractivity contribution < 1.29 is 36.0 Å². The highest BCUT2D eigenvalue weighted by Crippen LogP contribution is 2.40. The minimum atomic E-state index is -4.18. The number of pyridine rings is 1. The molecule has 1 N–H and O–H groups in total. The normalized spacial score (nSPS) is 21.9. The highest BCUT2D eigenvalue weighted by molar-refractivity contribution is 7.93. The van der Waals surface area contributed by atoms with Gasteiger partial charge in [-0.1, -0.05) is 18.2 Å². The lowest BCUT2D eigenvalue weighted by Crippen LogP contribution is -2.58. The van der Waals surface area contributed by atoms with Gasteiger partial charge in [-0.25, -0.2) is 18.7 Å². The fourth-order valence-corrected chi connectivity index (χ4v) is 7.54. The maximum atomic E-state index is 14.1. The maximum Gasteiger partial charge on any atom is 0.389 e. The van der Waals surface area contributed by atoms with Crippen molar-refractivity contribution in [2.24, 2.45) is 0 Å². The van der Waals surface area contributed by atoms with Crippen LogP contribution in [0.15, 0.2) is 47.5 Å². The Hall–Kier alpha value is -2.54. The second-order valence-electron chi connectivity index (χ2n) is 11.2. The molecule has 1 aromatic carbocycles. The van der Waals surface area contributed by atoms with Gasteiger partial charge in [0.2, 0.25) is 0 Å². The minimum Gasteiger partial charge on any atom is -0.350 e. The summed E-state index contributed by atoms with van der Waals surface area (Å²) >= 11 is 0. The predicted molar refractivity (Wildman–Crippen MR) is 145 cm³/mol. The molecular formula is C29H36F3N3O5S. The van der Waals surface area contributed by atoms with Crippen LogP contribution in [-0.4, -0.2) is 67.2 Å². The van der Waals surface area contributed by atoms with Crippen molar-refractivity contribution >= 4 is 15.7 Å². The number of amides is 1. The van der Waals surface area contributed by atoms with Crippen molar-refractivity contribution in [3.8, 4) is 11.3 Å². The molecule has 2 aliphatic heterocycles. The number of alkyl halides is 3. The van der Waals surface area contributed by atoms with Crippen LogP contribution in [-0.2, 0) is 30.6 Å². The molecular weight excluding hydrogens is 559 g/mol. The smallest absolute Gasteiger partial charge is 0.350 e. The van der Waals surface area contributed by atoms with Gasteiger partial charge in [0.1, 0.15) is 0 Å². The van der Waals surface area contributed by atoms with E-state index in [2.05, 4.69) is 15.4 Å². The third-order valence-corrected chi connectivity index (χ3v) is 10.7. The van der Waals surface area contributed by atoms with Gasteiger partial charge in [-0.15, -0.1) is 0 Å². The maximum absolute atomic E-state index is 14.1. The number of halogens is 3. The van der Waals surface area contributed by atoms with E-state index in [1.807, 2.05) is 0 Å². The Kier molecular flexibility index (Phi) is 9.03. The number of ether oxygens (including phenoxy) is 1. The summed E-state index contributed by atoms with van der Waals surface area (Å²) in [6.45, 7) is 1.55. The van der Waals surface area contributed by atoms with Crippen molar-refractivity contribution in [3.63, 3.8) is 0 Å². The molecule has 3 aliphatic rings. The zero-order valence-electron chi connectivity index (χ0n) is 22.9. The number of aryl methyl sites for hydroxylation is 1. The van der Waals surface area contributed by atoms with Gasteiger partial charge in [0.25, 0.3) is 5.91 Å². The van der Waals surface area contributed by atoms with Crippen LogP contribution in [0.3, 0.4) is 0 Å². The van der Waals surface area contributed by atoms with Crippen LogP contribution in [0.2, 0.25) is 0 Å². The monoisotopic (exact) mass is 595 g/mol. The Morgan fingerprint density at radius 1 is 1.07 bits per heavy atom. The van der Waals surface area contributed by atoms with Crippen molar-refractivity contribution in [2.45, 2.75) is 92.4 Å². The number of hydrogen-bond acceptors (Lipinski definition) is 7. The molecule has 5 rings (SSSR count). The Balaban J connectivity index is 1.30. The summed E-state index contributed by atoms with van der Waals surface area (Å²) in [7, 11) is -4.10. The van der Waals surface area contributed by atoms with Crippen molar-refractivity contribution in [1.29, 1.82) is 0 Å². The minimum absolute atomic E-state index is 0.0104. The molecule has 12 heteroatoms. The average molecular weight is 596 g/mol. The highest BCUT2D eigenvalue weighted by atomic mass is 32.2. The number of aromatic nitrogens is 1. The van der Waals surface area contributed by atoms with Crippen LogP contribution in [0.1, 0.15) is 63.4 Å². The fraction of sp³-hybridized carbons (Fsp3) is 0.586. The van der Waals surface area contributed by atoms with Crippen LogP contribution in [0, 0.1) is 0 Å². The van der Waals surface area contributed by atoms with Gasteiger partial charge in [0.05, 0.1) is 10.6 Å². The predicted octanol–water partition coefficient (Wildman–Crippen LogP) is 4.98. The topological polar surface area (TPSA) is 97.8 Å².